The fraction of sp³-hybridized carbons (Fsp3) is 0.316. The number of nitrogens with two attached hydrogens (primary N) is 1. The number of hydrogen-bond donors (Lipinski definition) is 2. The number of carbonyl (C=O) groups excluding carboxylic acids is 1. The highest BCUT2D eigenvalue weighted by molar-refractivity contribution is 6.02. The number of rotatable bonds is 8. The van der Waals surface area contributed by atoms with E-state index in [1.165, 1.54) is 29.9 Å². The van der Waals surface area contributed by atoms with Crippen molar-refractivity contribution in [1.29, 1.82) is 0 Å². The van der Waals surface area contributed by atoms with E-state index in [9.17, 15) is 18.8 Å². The molecular formula is C19H23FN4O5. The number of hydrogen-bond acceptors (Lipinski definition) is 6. The van der Waals surface area contributed by atoms with Gasteiger partial charge in [0, 0.05) is 19.2 Å². The first-order chi connectivity index (χ1) is 13.9. The number of methoxy groups -OCH3 is 1. The van der Waals surface area contributed by atoms with Crippen molar-refractivity contribution in [3.63, 3.8) is 0 Å². The standard InChI is InChI=1S/C19H23FN4O5/c1-4-23-17(16(21)18(26)24(5-2)19(23)27)22-15(25)9-7-12-6-8-13(28-3)14(10-12)29-11-20/h6-10H,4-5,11,21H2,1-3H3,(H,22,25)/b9-7+. The molecular weight excluding hydrogens is 383 g/mol. The van der Waals surface area contributed by atoms with Gasteiger partial charge < -0.3 is 20.5 Å². The Kier molecular flexibility index (Phi) is 7.18. The second-order valence-electron chi connectivity index (χ2n) is 5.82. The molecule has 9 nitrogen and oxygen atoms in total. The Morgan fingerprint density at radius 2 is 1.90 bits per heavy atom. The maximum absolute atomic E-state index is 12.5. The molecule has 0 radical (unpaired) electrons. The van der Waals surface area contributed by atoms with Gasteiger partial charge in [-0.1, -0.05) is 6.07 Å². The average molecular weight is 406 g/mol. The molecule has 10 heteroatoms. The summed E-state index contributed by atoms with van der Waals surface area (Å²) in [6, 6.07) is 4.72. The highest BCUT2D eigenvalue weighted by Gasteiger charge is 2.16. The van der Waals surface area contributed by atoms with Crippen LogP contribution in [-0.2, 0) is 17.9 Å². The van der Waals surface area contributed by atoms with Gasteiger partial charge in [-0.3, -0.25) is 18.7 Å². The maximum Gasteiger partial charge on any atom is 0.332 e. The Labute approximate surface area is 166 Å². The summed E-state index contributed by atoms with van der Waals surface area (Å²) in [5, 5.41) is 2.48. The number of benzene rings is 1. The van der Waals surface area contributed by atoms with E-state index in [-0.39, 0.29) is 30.3 Å². The molecule has 1 amide bonds. The third-order valence-electron chi connectivity index (χ3n) is 4.16. The van der Waals surface area contributed by atoms with E-state index in [4.69, 9.17) is 15.2 Å². The Morgan fingerprint density at radius 3 is 2.48 bits per heavy atom. The van der Waals surface area contributed by atoms with Crippen molar-refractivity contribution in [2.45, 2.75) is 26.9 Å². The smallest absolute Gasteiger partial charge is 0.332 e. The van der Waals surface area contributed by atoms with E-state index < -0.39 is 24.0 Å². The number of alkyl halides is 1. The highest BCUT2D eigenvalue weighted by Crippen LogP contribution is 2.28. The van der Waals surface area contributed by atoms with E-state index in [0.717, 1.165) is 4.57 Å². The molecule has 0 saturated carbocycles. The molecule has 0 spiro atoms. The molecule has 0 aliphatic carbocycles. The Morgan fingerprint density at radius 1 is 1.21 bits per heavy atom. The number of halogens is 1. The number of nitrogens with zero attached hydrogens (tertiary/aromatic N) is 2. The largest absolute Gasteiger partial charge is 0.493 e. The summed E-state index contributed by atoms with van der Waals surface area (Å²) in [5.41, 5.74) is 4.95. The summed E-state index contributed by atoms with van der Waals surface area (Å²) >= 11 is 0. The second-order valence-corrected chi connectivity index (χ2v) is 5.82. The first-order valence-electron chi connectivity index (χ1n) is 8.86. The molecule has 2 aromatic rings. The van der Waals surface area contributed by atoms with Crippen LogP contribution in [0.4, 0.5) is 15.9 Å². The molecule has 2 rings (SSSR count). The lowest BCUT2D eigenvalue weighted by Gasteiger charge is -2.15. The molecule has 0 saturated heterocycles. The van der Waals surface area contributed by atoms with Gasteiger partial charge >= 0.3 is 5.69 Å². The maximum atomic E-state index is 12.5. The SMILES string of the molecule is CCn1c(NC(=O)/C=C/c2ccc(OC)c(OCF)c2)c(N)c(=O)n(CC)c1=O. The fourth-order valence-electron chi connectivity index (χ4n) is 2.73. The fourth-order valence-corrected chi connectivity index (χ4v) is 2.73. The van der Waals surface area contributed by atoms with Crippen LogP contribution in [0.1, 0.15) is 19.4 Å². The van der Waals surface area contributed by atoms with Crippen LogP contribution in [0.2, 0.25) is 0 Å². The molecule has 1 aromatic carbocycles. The quantitative estimate of drug-likeness (QED) is 0.643. The van der Waals surface area contributed by atoms with Gasteiger partial charge in [0.1, 0.15) is 11.5 Å². The van der Waals surface area contributed by atoms with Crippen molar-refractivity contribution >= 4 is 23.5 Å². The minimum absolute atomic E-state index is 0.0574. The lowest BCUT2D eigenvalue weighted by molar-refractivity contribution is -0.111. The zero-order valence-electron chi connectivity index (χ0n) is 16.4. The number of ether oxygens (including phenoxy) is 2. The van der Waals surface area contributed by atoms with Gasteiger partial charge in [-0.25, -0.2) is 9.18 Å². The summed E-state index contributed by atoms with van der Waals surface area (Å²) < 4.78 is 24.6. The molecule has 3 N–H and O–H groups in total. The summed E-state index contributed by atoms with van der Waals surface area (Å²) in [4.78, 5) is 36.9. The Hall–Kier alpha value is -3.56. The number of carbonyl (C=O) groups is 1. The molecule has 156 valence electrons. The summed E-state index contributed by atoms with van der Waals surface area (Å²) in [6.45, 7) is 2.70. The van der Waals surface area contributed by atoms with Gasteiger partial charge in [-0.15, -0.1) is 0 Å². The highest BCUT2D eigenvalue weighted by atomic mass is 19.1. The van der Waals surface area contributed by atoms with Crippen LogP contribution in [0, 0.1) is 0 Å². The first kappa shape index (κ1) is 21.7. The van der Waals surface area contributed by atoms with Crippen molar-refractivity contribution in [3.05, 3.63) is 50.7 Å². The van der Waals surface area contributed by atoms with Crippen LogP contribution in [0.5, 0.6) is 11.5 Å². The van der Waals surface area contributed by atoms with Crippen molar-refractivity contribution < 1.29 is 18.7 Å². The predicted molar refractivity (Wildman–Crippen MR) is 108 cm³/mol. The molecule has 0 atom stereocenters. The van der Waals surface area contributed by atoms with Gasteiger partial charge in [-0.2, -0.15) is 0 Å². The normalized spacial score (nSPS) is 10.9. The van der Waals surface area contributed by atoms with Gasteiger partial charge in [-0.05, 0) is 37.6 Å². The number of aromatic nitrogens is 2. The van der Waals surface area contributed by atoms with Crippen LogP contribution < -0.4 is 31.8 Å². The van der Waals surface area contributed by atoms with Crippen molar-refractivity contribution in [1.82, 2.24) is 9.13 Å². The molecule has 0 aliphatic heterocycles. The van der Waals surface area contributed by atoms with E-state index in [1.807, 2.05) is 0 Å². The Bertz CT molecular complexity index is 1040. The minimum atomic E-state index is -1.03. The third-order valence-corrected chi connectivity index (χ3v) is 4.16. The molecule has 0 unspecified atom stereocenters. The predicted octanol–water partition coefficient (Wildman–Crippen LogP) is 1.60. The molecule has 1 aromatic heterocycles. The van der Waals surface area contributed by atoms with Gasteiger partial charge in [0.05, 0.1) is 7.11 Å². The third kappa shape index (κ3) is 4.65. The van der Waals surface area contributed by atoms with E-state index in [1.54, 1.807) is 26.0 Å². The van der Waals surface area contributed by atoms with Crippen molar-refractivity contribution in [2.24, 2.45) is 0 Å². The molecule has 0 fully saturated rings. The summed E-state index contributed by atoms with van der Waals surface area (Å²) in [6.07, 6.45) is 2.65. The zero-order valence-corrected chi connectivity index (χ0v) is 16.4. The van der Waals surface area contributed by atoms with Crippen molar-refractivity contribution in [3.8, 4) is 11.5 Å². The van der Waals surface area contributed by atoms with Gasteiger partial charge in [0.2, 0.25) is 12.8 Å². The summed E-state index contributed by atoms with van der Waals surface area (Å²) in [7, 11) is 1.42. The van der Waals surface area contributed by atoms with Crippen LogP contribution in [0.25, 0.3) is 6.08 Å². The minimum Gasteiger partial charge on any atom is -0.493 e. The van der Waals surface area contributed by atoms with Gasteiger partial charge in [0.25, 0.3) is 5.56 Å². The molecule has 29 heavy (non-hydrogen) atoms. The van der Waals surface area contributed by atoms with Crippen molar-refractivity contribution in [2.75, 3.05) is 25.0 Å². The number of nitrogens with one attached hydrogen (secondary N) is 1. The van der Waals surface area contributed by atoms with Crippen LogP contribution in [0.3, 0.4) is 0 Å². The molecule has 0 bridgehead atoms. The molecule has 1 heterocycles. The topological polar surface area (TPSA) is 118 Å². The number of nitrogen functional groups attached to an aromatic ring is 1. The van der Waals surface area contributed by atoms with Crippen LogP contribution in [0.15, 0.2) is 33.9 Å². The first-order valence-corrected chi connectivity index (χ1v) is 8.86. The Balaban J connectivity index is 2.31. The second kappa shape index (κ2) is 9.58. The van der Waals surface area contributed by atoms with Crippen LogP contribution >= 0.6 is 0 Å². The van der Waals surface area contributed by atoms with Gasteiger partial charge in [0.15, 0.2) is 11.5 Å². The monoisotopic (exact) mass is 406 g/mol. The molecule has 0 aliphatic rings. The van der Waals surface area contributed by atoms with E-state index in [0.29, 0.717) is 11.3 Å². The van der Waals surface area contributed by atoms with Crippen LogP contribution in [-0.4, -0.2) is 29.0 Å². The number of amides is 1. The zero-order chi connectivity index (χ0) is 21.6. The lowest BCUT2D eigenvalue weighted by Crippen LogP contribution is -2.42. The van der Waals surface area contributed by atoms with E-state index in [2.05, 4.69) is 5.32 Å². The average Bonchev–Trinajstić information content (AvgIpc) is 2.71. The number of anilines is 2. The van der Waals surface area contributed by atoms with E-state index >= 15 is 0 Å². The summed E-state index contributed by atoms with van der Waals surface area (Å²) in [5.74, 6) is -0.126. The lowest BCUT2D eigenvalue weighted by atomic mass is 10.2.